The third-order valence-electron chi connectivity index (χ3n) is 9.52. The summed E-state index contributed by atoms with van der Waals surface area (Å²) in [6, 6.07) is 34.1. The molecule has 2 aliphatic heterocycles. The van der Waals surface area contributed by atoms with Crippen molar-refractivity contribution in [3.8, 4) is 11.5 Å². The molecule has 10 heteroatoms. The van der Waals surface area contributed by atoms with Crippen LogP contribution in [0.15, 0.2) is 125 Å². The number of ketones is 1. The van der Waals surface area contributed by atoms with Gasteiger partial charge >= 0.3 is 5.69 Å². The van der Waals surface area contributed by atoms with Gasteiger partial charge in [0.15, 0.2) is 12.0 Å². The van der Waals surface area contributed by atoms with Gasteiger partial charge in [0.2, 0.25) is 0 Å². The second-order valence-corrected chi connectivity index (χ2v) is 12.3. The Morgan fingerprint density at radius 1 is 0.837 bits per heavy atom. The van der Waals surface area contributed by atoms with E-state index in [0.29, 0.717) is 22.6 Å². The molecule has 2 bridgehead atoms. The molecule has 0 amide bonds. The van der Waals surface area contributed by atoms with Crippen LogP contribution in [0.2, 0.25) is 0 Å². The van der Waals surface area contributed by atoms with Crippen molar-refractivity contribution in [2.75, 3.05) is 27.4 Å². The first kappa shape index (κ1) is 32.3. The molecular weight excluding hydrogens is 624 g/mol. The fourth-order valence-electron chi connectivity index (χ4n) is 7.01. The van der Waals surface area contributed by atoms with Crippen molar-refractivity contribution >= 4 is 5.78 Å². The standard InChI is InChI=1S/C39H36N2O8/c1-25-22-41(37(44)40-35(25)43)36-34-32(33(42)26-10-6-4-7-11-26)38(49-36,23-47-34)24-48-39(27-12-8-5-9-13-27,28-14-18-30(45-2)19-15-28)29-16-20-31(46-3)21-17-29/h4-22,32,34,36H,23-24H2,1-3H3,(H,40,43,44)/t32-,34+,36-,38-/m1/s1. The molecule has 0 spiro atoms. The number of rotatable bonds is 11. The van der Waals surface area contributed by atoms with Gasteiger partial charge in [-0.25, -0.2) is 4.79 Å². The molecule has 3 heterocycles. The lowest BCUT2D eigenvalue weighted by Gasteiger charge is -2.40. The molecule has 0 aliphatic carbocycles. The summed E-state index contributed by atoms with van der Waals surface area (Å²) in [6.45, 7) is 1.56. The van der Waals surface area contributed by atoms with Crippen LogP contribution in [0.5, 0.6) is 11.5 Å². The van der Waals surface area contributed by atoms with E-state index in [1.165, 1.54) is 10.8 Å². The number of hydrogen-bond donors (Lipinski definition) is 1. The number of aryl methyl sites for hydroxylation is 1. The zero-order chi connectivity index (χ0) is 34.2. The number of ether oxygens (including phenoxy) is 5. The Balaban J connectivity index is 1.38. The number of benzene rings is 4. The summed E-state index contributed by atoms with van der Waals surface area (Å²) in [5.74, 6) is 0.341. The lowest BCUT2D eigenvalue weighted by Crippen LogP contribution is -2.48. The van der Waals surface area contributed by atoms with Crippen molar-refractivity contribution in [1.82, 2.24) is 9.55 Å². The highest BCUT2D eigenvalue weighted by Gasteiger charge is 2.65. The third-order valence-corrected chi connectivity index (χ3v) is 9.52. The molecule has 1 aromatic heterocycles. The monoisotopic (exact) mass is 660 g/mol. The Kier molecular flexibility index (Phi) is 8.54. The lowest BCUT2D eigenvalue weighted by atomic mass is 9.79. The first-order valence-electron chi connectivity index (χ1n) is 16.0. The third kappa shape index (κ3) is 5.57. The number of carbonyl (C=O) groups is 1. The van der Waals surface area contributed by atoms with Crippen LogP contribution in [-0.2, 0) is 19.8 Å². The quantitative estimate of drug-likeness (QED) is 0.155. The van der Waals surface area contributed by atoms with Crippen LogP contribution >= 0.6 is 0 Å². The molecule has 10 nitrogen and oxygen atoms in total. The summed E-state index contributed by atoms with van der Waals surface area (Å²) in [7, 11) is 3.23. The summed E-state index contributed by atoms with van der Waals surface area (Å²) in [4.78, 5) is 42.1. The second-order valence-electron chi connectivity index (χ2n) is 12.3. The lowest BCUT2D eigenvalue weighted by molar-refractivity contribution is -0.201. The maximum Gasteiger partial charge on any atom is 0.330 e. The Hall–Kier alpha value is -5.29. The van der Waals surface area contributed by atoms with E-state index < -0.39 is 40.7 Å². The fourth-order valence-corrected chi connectivity index (χ4v) is 7.01. The van der Waals surface area contributed by atoms with Gasteiger partial charge in [0.25, 0.3) is 5.56 Å². The van der Waals surface area contributed by atoms with Crippen molar-refractivity contribution in [3.63, 3.8) is 0 Å². The van der Waals surface area contributed by atoms with Gasteiger partial charge in [-0.3, -0.25) is 19.1 Å². The molecule has 4 aromatic carbocycles. The Morgan fingerprint density at radius 2 is 1.39 bits per heavy atom. The van der Waals surface area contributed by atoms with Gasteiger partial charge in [-0.1, -0.05) is 84.9 Å². The molecule has 7 rings (SSSR count). The largest absolute Gasteiger partial charge is 0.497 e. The number of H-pyrrole nitrogens is 1. The average molecular weight is 661 g/mol. The van der Waals surface area contributed by atoms with E-state index >= 15 is 0 Å². The number of aromatic amines is 1. The molecule has 0 saturated carbocycles. The van der Waals surface area contributed by atoms with E-state index in [4.69, 9.17) is 23.7 Å². The highest BCUT2D eigenvalue weighted by atomic mass is 16.6. The molecule has 1 N–H and O–H groups in total. The molecule has 2 fully saturated rings. The number of carbonyl (C=O) groups excluding carboxylic acids is 1. The highest BCUT2D eigenvalue weighted by molar-refractivity contribution is 5.99. The number of nitrogens with one attached hydrogen (secondary N) is 1. The Bertz CT molecular complexity index is 2010. The van der Waals surface area contributed by atoms with E-state index in [1.807, 2.05) is 84.9 Å². The minimum Gasteiger partial charge on any atom is -0.497 e. The van der Waals surface area contributed by atoms with Crippen molar-refractivity contribution in [2.24, 2.45) is 5.92 Å². The maximum atomic E-state index is 14.4. The summed E-state index contributed by atoms with van der Waals surface area (Å²) < 4.78 is 32.6. The van der Waals surface area contributed by atoms with Gasteiger partial charge < -0.3 is 23.7 Å². The van der Waals surface area contributed by atoms with Gasteiger partial charge in [-0.15, -0.1) is 0 Å². The van der Waals surface area contributed by atoms with Gasteiger partial charge in [0.1, 0.15) is 28.8 Å². The topological polar surface area (TPSA) is 118 Å². The van der Waals surface area contributed by atoms with Crippen molar-refractivity contribution in [2.45, 2.75) is 30.5 Å². The SMILES string of the molecule is COc1ccc(C(OC[C@@]23CO[C@H]([C@H](n4cc(C)c(=O)[nH]c4=O)O2)[C@H]3C(=O)c2ccccc2)(c2ccccc2)c2ccc(OC)cc2)cc1. The molecule has 2 aliphatic rings. The smallest absolute Gasteiger partial charge is 0.330 e. The fraction of sp³-hybridized carbons (Fsp3) is 0.256. The average Bonchev–Trinajstić information content (AvgIpc) is 3.67. The van der Waals surface area contributed by atoms with Gasteiger partial charge in [0, 0.05) is 17.3 Å². The Morgan fingerprint density at radius 3 is 1.96 bits per heavy atom. The molecule has 0 unspecified atom stereocenters. The van der Waals surface area contributed by atoms with Crippen LogP contribution in [0.4, 0.5) is 0 Å². The molecule has 2 saturated heterocycles. The molecular formula is C39H36N2O8. The van der Waals surface area contributed by atoms with E-state index in [0.717, 1.165) is 16.7 Å². The molecule has 0 radical (unpaired) electrons. The molecule has 5 aromatic rings. The van der Waals surface area contributed by atoms with Crippen LogP contribution < -0.4 is 20.7 Å². The first-order chi connectivity index (χ1) is 23.8. The van der Waals surface area contributed by atoms with Crippen molar-refractivity contribution in [3.05, 3.63) is 164 Å². The van der Waals surface area contributed by atoms with E-state index in [2.05, 4.69) is 4.98 Å². The Labute approximate surface area is 282 Å². The summed E-state index contributed by atoms with van der Waals surface area (Å²) in [5.41, 5.74) is -0.379. The van der Waals surface area contributed by atoms with Crippen LogP contribution in [0.3, 0.4) is 0 Å². The molecule has 4 atom stereocenters. The highest BCUT2D eigenvalue weighted by Crippen LogP contribution is 2.52. The number of Topliss-reactive ketones (excluding diaryl/α,β-unsaturated/α-hetero) is 1. The zero-order valence-electron chi connectivity index (χ0n) is 27.3. The minimum absolute atomic E-state index is 0.0462. The normalized spacial score (nSPS) is 21.4. The number of fused-ring (bicyclic) bond motifs is 2. The van der Waals surface area contributed by atoms with Gasteiger partial charge in [-0.05, 0) is 47.9 Å². The number of methoxy groups -OCH3 is 2. The van der Waals surface area contributed by atoms with Gasteiger partial charge in [0.05, 0.1) is 33.4 Å². The number of aromatic nitrogens is 2. The predicted molar refractivity (Wildman–Crippen MR) is 181 cm³/mol. The minimum atomic E-state index is -1.30. The number of hydrogen-bond acceptors (Lipinski definition) is 8. The van der Waals surface area contributed by atoms with Crippen LogP contribution in [-0.4, -0.2) is 54.5 Å². The van der Waals surface area contributed by atoms with Crippen LogP contribution in [0, 0.1) is 12.8 Å². The van der Waals surface area contributed by atoms with E-state index in [-0.39, 0.29) is 19.0 Å². The van der Waals surface area contributed by atoms with Crippen molar-refractivity contribution < 1.29 is 28.5 Å². The van der Waals surface area contributed by atoms with Crippen LogP contribution in [0.1, 0.15) is 38.8 Å². The summed E-state index contributed by atoms with van der Waals surface area (Å²) in [6.07, 6.45) is -0.379. The summed E-state index contributed by atoms with van der Waals surface area (Å²) >= 11 is 0. The van der Waals surface area contributed by atoms with Crippen LogP contribution in [0.25, 0.3) is 0 Å². The van der Waals surface area contributed by atoms with Gasteiger partial charge in [-0.2, -0.15) is 0 Å². The first-order valence-corrected chi connectivity index (χ1v) is 16.0. The van der Waals surface area contributed by atoms with E-state index in [9.17, 15) is 14.4 Å². The number of nitrogens with zero attached hydrogens (tertiary/aromatic N) is 1. The predicted octanol–water partition coefficient (Wildman–Crippen LogP) is 5.04. The maximum absolute atomic E-state index is 14.4. The van der Waals surface area contributed by atoms with E-state index in [1.54, 1.807) is 45.4 Å². The van der Waals surface area contributed by atoms with Crippen molar-refractivity contribution in [1.29, 1.82) is 0 Å². The molecule has 250 valence electrons. The second kappa shape index (κ2) is 13.0. The molecule has 49 heavy (non-hydrogen) atoms. The zero-order valence-corrected chi connectivity index (χ0v) is 27.3. The summed E-state index contributed by atoms with van der Waals surface area (Å²) in [5, 5.41) is 0.